The number of nitrogens with two attached hydrogens (primary N) is 1. The number of carbonyl (C=O) groups excluding carboxylic acids is 2. The zero-order valence-corrected chi connectivity index (χ0v) is 13.2. The Balaban J connectivity index is 2.13. The highest BCUT2D eigenvalue weighted by Crippen LogP contribution is 2.34. The lowest BCUT2D eigenvalue weighted by molar-refractivity contribution is -0.156. The molecule has 1 aliphatic rings. The first-order valence-electron chi connectivity index (χ1n) is 7.52. The van der Waals surface area contributed by atoms with Gasteiger partial charge in [-0.15, -0.1) is 0 Å². The molecule has 126 valence electrons. The van der Waals surface area contributed by atoms with Crippen LogP contribution in [-0.4, -0.2) is 34.2 Å². The molecule has 1 fully saturated rings. The van der Waals surface area contributed by atoms with Crippen molar-refractivity contribution in [2.75, 3.05) is 12.3 Å². The van der Waals surface area contributed by atoms with Crippen LogP contribution in [0.3, 0.4) is 0 Å². The molecule has 2 rings (SSSR count). The van der Waals surface area contributed by atoms with Gasteiger partial charge in [-0.1, -0.05) is 0 Å². The maximum Gasteiger partial charge on any atom is 0.349 e. The second-order valence-corrected chi connectivity index (χ2v) is 5.72. The summed E-state index contributed by atoms with van der Waals surface area (Å²) in [7, 11) is 0. The van der Waals surface area contributed by atoms with Gasteiger partial charge in [0.1, 0.15) is 11.9 Å². The van der Waals surface area contributed by atoms with Crippen LogP contribution in [-0.2, 0) is 19.1 Å². The van der Waals surface area contributed by atoms with Crippen molar-refractivity contribution in [1.82, 2.24) is 9.55 Å². The van der Waals surface area contributed by atoms with Gasteiger partial charge in [-0.25, -0.2) is 4.79 Å². The minimum absolute atomic E-state index is 0.0727. The average Bonchev–Trinajstić information content (AvgIpc) is 2.45. The number of rotatable bonds is 4. The second kappa shape index (κ2) is 7.26. The molecule has 23 heavy (non-hydrogen) atoms. The summed E-state index contributed by atoms with van der Waals surface area (Å²) >= 11 is 0. The molecule has 1 heterocycles. The maximum absolute atomic E-state index is 12.0. The van der Waals surface area contributed by atoms with Gasteiger partial charge in [-0.05, 0) is 18.9 Å². The Hall–Kier alpha value is -2.38. The first kappa shape index (κ1) is 17.0. The first-order chi connectivity index (χ1) is 10.9. The van der Waals surface area contributed by atoms with E-state index in [1.807, 2.05) is 0 Å². The fraction of sp³-hybridized carbons (Fsp3) is 0.600. The molecule has 0 saturated heterocycles. The Bertz CT molecular complexity index is 642. The SMILES string of the molecule is CC(=O)OC[C@H]1CC[C@@H](n2ccc(N)nc2=O)C[C@@H]1OC(C)=O. The molecule has 1 saturated carbocycles. The van der Waals surface area contributed by atoms with Crippen molar-refractivity contribution in [1.29, 1.82) is 0 Å². The van der Waals surface area contributed by atoms with E-state index in [1.165, 1.54) is 18.4 Å². The molecule has 0 unspecified atom stereocenters. The van der Waals surface area contributed by atoms with E-state index < -0.39 is 17.8 Å². The molecule has 0 spiro atoms. The third-order valence-electron chi connectivity index (χ3n) is 3.96. The van der Waals surface area contributed by atoms with Crippen molar-refractivity contribution >= 4 is 17.8 Å². The summed E-state index contributed by atoms with van der Waals surface area (Å²) in [5.41, 5.74) is 5.08. The Morgan fingerprint density at radius 1 is 1.35 bits per heavy atom. The molecule has 2 N–H and O–H groups in total. The van der Waals surface area contributed by atoms with Crippen molar-refractivity contribution in [3.8, 4) is 0 Å². The first-order valence-corrected chi connectivity index (χ1v) is 7.52. The molecule has 1 aromatic rings. The predicted octanol–water partition coefficient (Wildman–Crippen LogP) is 0.662. The molecule has 0 aromatic carbocycles. The van der Waals surface area contributed by atoms with Crippen LogP contribution in [0.5, 0.6) is 0 Å². The molecular formula is C15H21N3O5. The Morgan fingerprint density at radius 3 is 2.70 bits per heavy atom. The number of hydrogen-bond acceptors (Lipinski definition) is 7. The summed E-state index contributed by atoms with van der Waals surface area (Å²) in [6.45, 7) is 2.88. The van der Waals surface area contributed by atoms with Gasteiger partial charge >= 0.3 is 17.6 Å². The van der Waals surface area contributed by atoms with Crippen LogP contribution in [0.25, 0.3) is 0 Å². The van der Waals surface area contributed by atoms with Crippen LogP contribution in [0.2, 0.25) is 0 Å². The van der Waals surface area contributed by atoms with Crippen molar-refractivity contribution in [2.45, 2.75) is 45.3 Å². The molecule has 8 heteroatoms. The summed E-state index contributed by atoms with van der Waals surface area (Å²) < 4.78 is 11.9. The number of hydrogen-bond donors (Lipinski definition) is 1. The fourth-order valence-electron chi connectivity index (χ4n) is 2.90. The van der Waals surface area contributed by atoms with E-state index in [-0.39, 0.29) is 30.4 Å². The molecule has 8 nitrogen and oxygen atoms in total. The standard InChI is InChI=1S/C15H21N3O5/c1-9(19)22-8-11-3-4-12(7-13(11)23-10(2)20)18-6-5-14(16)17-15(18)21/h5-6,11-13H,3-4,7-8H2,1-2H3,(H2,16,17,21)/t11-,12-,13+/m1/s1. The Kier molecular flexibility index (Phi) is 5.36. The second-order valence-electron chi connectivity index (χ2n) is 5.72. The molecule has 1 aromatic heterocycles. The quantitative estimate of drug-likeness (QED) is 0.810. The van der Waals surface area contributed by atoms with Crippen LogP contribution in [0.15, 0.2) is 17.1 Å². The van der Waals surface area contributed by atoms with E-state index in [9.17, 15) is 14.4 Å². The van der Waals surface area contributed by atoms with E-state index >= 15 is 0 Å². The minimum Gasteiger partial charge on any atom is -0.465 e. The highest BCUT2D eigenvalue weighted by atomic mass is 16.6. The number of esters is 2. The summed E-state index contributed by atoms with van der Waals surface area (Å²) in [5.74, 6) is -0.665. The van der Waals surface area contributed by atoms with E-state index in [1.54, 1.807) is 12.3 Å². The van der Waals surface area contributed by atoms with E-state index in [0.29, 0.717) is 19.3 Å². The van der Waals surface area contributed by atoms with Gasteiger partial charge in [0, 0.05) is 38.4 Å². The number of aromatic nitrogens is 2. The van der Waals surface area contributed by atoms with Crippen molar-refractivity contribution < 1.29 is 19.1 Å². The third kappa shape index (κ3) is 4.54. The number of ether oxygens (including phenoxy) is 2. The highest BCUT2D eigenvalue weighted by Gasteiger charge is 2.34. The molecule has 0 bridgehead atoms. The third-order valence-corrected chi connectivity index (χ3v) is 3.96. The van der Waals surface area contributed by atoms with Crippen molar-refractivity contribution in [3.63, 3.8) is 0 Å². The van der Waals surface area contributed by atoms with Crippen LogP contribution < -0.4 is 11.4 Å². The van der Waals surface area contributed by atoms with Gasteiger partial charge in [-0.3, -0.25) is 14.2 Å². The number of nitrogens with zero attached hydrogens (tertiary/aromatic N) is 2. The minimum atomic E-state index is -0.421. The van der Waals surface area contributed by atoms with Gasteiger partial charge < -0.3 is 15.2 Å². The topological polar surface area (TPSA) is 114 Å². The zero-order chi connectivity index (χ0) is 17.0. The summed E-state index contributed by atoms with van der Waals surface area (Å²) in [4.78, 5) is 38.0. The summed E-state index contributed by atoms with van der Waals surface area (Å²) in [6.07, 6.45) is 3.04. The fourth-order valence-corrected chi connectivity index (χ4v) is 2.90. The lowest BCUT2D eigenvalue weighted by Crippen LogP contribution is -2.39. The normalized spacial score (nSPS) is 24.0. The predicted molar refractivity (Wildman–Crippen MR) is 81.5 cm³/mol. The summed E-state index contributed by atoms with van der Waals surface area (Å²) in [6, 6.07) is 1.43. The van der Waals surface area contributed by atoms with E-state index in [2.05, 4.69) is 4.98 Å². The monoisotopic (exact) mass is 323 g/mol. The van der Waals surface area contributed by atoms with Gasteiger partial charge in [0.05, 0.1) is 6.61 Å². The number of nitrogen functional groups attached to an aromatic ring is 1. The smallest absolute Gasteiger partial charge is 0.349 e. The van der Waals surface area contributed by atoms with Crippen LogP contribution >= 0.6 is 0 Å². The zero-order valence-electron chi connectivity index (χ0n) is 13.2. The lowest BCUT2D eigenvalue weighted by Gasteiger charge is -2.35. The van der Waals surface area contributed by atoms with Crippen molar-refractivity contribution in [2.24, 2.45) is 5.92 Å². The largest absolute Gasteiger partial charge is 0.465 e. The van der Waals surface area contributed by atoms with Crippen LogP contribution in [0.1, 0.15) is 39.2 Å². The van der Waals surface area contributed by atoms with Crippen LogP contribution in [0, 0.1) is 5.92 Å². The van der Waals surface area contributed by atoms with E-state index in [0.717, 1.165) is 0 Å². The Morgan fingerprint density at radius 2 is 2.09 bits per heavy atom. The van der Waals surface area contributed by atoms with Gasteiger partial charge in [0.2, 0.25) is 0 Å². The highest BCUT2D eigenvalue weighted by molar-refractivity contribution is 5.66. The van der Waals surface area contributed by atoms with Gasteiger partial charge in [-0.2, -0.15) is 4.98 Å². The summed E-state index contributed by atoms with van der Waals surface area (Å²) in [5, 5.41) is 0. The number of carbonyl (C=O) groups is 2. The van der Waals surface area contributed by atoms with Crippen molar-refractivity contribution in [3.05, 3.63) is 22.7 Å². The molecular weight excluding hydrogens is 302 g/mol. The van der Waals surface area contributed by atoms with E-state index in [4.69, 9.17) is 15.2 Å². The van der Waals surface area contributed by atoms with Gasteiger partial charge in [0.25, 0.3) is 0 Å². The van der Waals surface area contributed by atoms with Gasteiger partial charge in [0.15, 0.2) is 0 Å². The molecule has 1 aliphatic carbocycles. The Labute approximate surface area is 133 Å². The molecule has 0 aliphatic heterocycles. The molecule has 3 atom stereocenters. The molecule has 0 radical (unpaired) electrons. The maximum atomic E-state index is 12.0. The molecule has 0 amide bonds. The number of anilines is 1. The lowest BCUT2D eigenvalue weighted by atomic mass is 9.83. The average molecular weight is 323 g/mol. The van der Waals surface area contributed by atoms with Crippen LogP contribution in [0.4, 0.5) is 5.82 Å².